The molecule has 27 heavy (non-hydrogen) atoms. The number of thiophene rings is 2. The van der Waals surface area contributed by atoms with E-state index in [1.54, 1.807) is 11.3 Å². The van der Waals surface area contributed by atoms with Crippen LogP contribution in [0, 0.1) is 0 Å². The molecule has 0 aliphatic rings. The van der Waals surface area contributed by atoms with Crippen LogP contribution in [0.5, 0.6) is 0 Å². The van der Waals surface area contributed by atoms with E-state index in [4.69, 9.17) is 4.42 Å². The molecule has 3 heterocycles. The summed E-state index contributed by atoms with van der Waals surface area (Å²) in [6.45, 7) is 0. The van der Waals surface area contributed by atoms with E-state index in [-0.39, 0.29) is 17.7 Å². The number of hydrogen-bond donors (Lipinski definition) is 1. The van der Waals surface area contributed by atoms with Gasteiger partial charge in [-0.15, -0.1) is 32.9 Å². The van der Waals surface area contributed by atoms with Crippen LogP contribution in [-0.2, 0) is 4.79 Å². The van der Waals surface area contributed by atoms with E-state index in [9.17, 15) is 4.79 Å². The minimum absolute atomic E-state index is 0.0851. The van der Waals surface area contributed by atoms with Gasteiger partial charge in [0.05, 0.1) is 16.7 Å². The zero-order valence-electron chi connectivity index (χ0n) is 14.1. The number of carbonyl (C=O) groups is 1. The number of carbonyl (C=O) groups excluding carboxylic acids is 1. The van der Waals surface area contributed by atoms with Crippen LogP contribution in [0.25, 0.3) is 10.8 Å². The summed E-state index contributed by atoms with van der Waals surface area (Å²) in [5.74, 6) is 0.604. The molecule has 136 valence electrons. The molecule has 1 amide bonds. The van der Waals surface area contributed by atoms with Crippen molar-refractivity contribution in [2.45, 2.75) is 11.3 Å². The molecule has 0 saturated carbocycles. The van der Waals surface area contributed by atoms with E-state index in [0.29, 0.717) is 11.1 Å². The van der Waals surface area contributed by atoms with Crippen molar-refractivity contribution in [2.24, 2.45) is 0 Å². The molecular weight excluding hydrogens is 398 g/mol. The normalized spacial score (nSPS) is 12.0. The van der Waals surface area contributed by atoms with Crippen LogP contribution in [-0.4, -0.2) is 21.9 Å². The molecule has 5 nitrogen and oxygen atoms in total. The first-order valence-corrected chi connectivity index (χ1v) is 10.9. The van der Waals surface area contributed by atoms with Crippen molar-refractivity contribution in [3.05, 3.63) is 75.8 Å². The molecule has 0 fully saturated rings. The van der Waals surface area contributed by atoms with Crippen LogP contribution in [0.4, 0.5) is 0 Å². The maximum absolute atomic E-state index is 12.5. The molecule has 0 bridgehead atoms. The molecule has 0 aliphatic carbocycles. The Kier molecular flexibility index (Phi) is 5.66. The topological polar surface area (TPSA) is 68.0 Å². The van der Waals surface area contributed by atoms with Crippen molar-refractivity contribution >= 4 is 40.3 Å². The smallest absolute Gasteiger partial charge is 0.277 e. The van der Waals surface area contributed by atoms with E-state index >= 15 is 0 Å². The minimum Gasteiger partial charge on any atom is -0.410 e. The van der Waals surface area contributed by atoms with Gasteiger partial charge in [-0.1, -0.05) is 54.2 Å². The molecule has 0 radical (unpaired) electrons. The number of nitrogens with zero attached hydrogens (tertiary/aromatic N) is 2. The van der Waals surface area contributed by atoms with Crippen molar-refractivity contribution in [2.75, 3.05) is 5.75 Å². The third kappa shape index (κ3) is 4.47. The summed E-state index contributed by atoms with van der Waals surface area (Å²) in [6, 6.07) is 17.7. The van der Waals surface area contributed by atoms with E-state index in [0.717, 1.165) is 15.3 Å². The van der Waals surface area contributed by atoms with Gasteiger partial charge < -0.3 is 9.73 Å². The molecule has 8 heteroatoms. The minimum atomic E-state index is -0.163. The molecular formula is C19H15N3O2S3. The van der Waals surface area contributed by atoms with Crippen molar-refractivity contribution in [3.8, 4) is 10.8 Å². The standard InChI is InChI=1S/C19H15N3O2S3/c23-16(12-27-19-22-21-18(24-19)15-9-5-11-26-15)20-17(14-8-4-10-25-14)13-6-2-1-3-7-13/h1-11,17H,12H2,(H,20,23)/t17-/m0/s1. The molecule has 4 aromatic rings. The van der Waals surface area contributed by atoms with Gasteiger partial charge in [0, 0.05) is 4.88 Å². The molecule has 0 unspecified atom stereocenters. The summed E-state index contributed by atoms with van der Waals surface area (Å²) in [4.78, 5) is 14.5. The van der Waals surface area contributed by atoms with Gasteiger partial charge in [-0.25, -0.2) is 0 Å². The fourth-order valence-electron chi connectivity index (χ4n) is 2.52. The maximum Gasteiger partial charge on any atom is 0.277 e. The van der Waals surface area contributed by atoms with Gasteiger partial charge in [0.25, 0.3) is 11.1 Å². The van der Waals surface area contributed by atoms with E-state index < -0.39 is 0 Å². The third-order valence-corrected chi connectivity index (χ3v) is 6.34. The lowest BCUT2D eigenvalue weighted by molar-refractivity contribution is -0.119. The van der Waals surface area contributed by atoms with Crippen molar-refractivity contribution in [1.82, 2.24) is 15.5 Å². The average molecular weight is 414 g/mol. The van der Waals surface area contributed by atoms with Crippen LogP contribution >= 0.6 is 34.4 Å². The van der Waals surface area contributed by atoms with Gasteiger partial charge in [-0.2, -0.15) is 0 Å². The zero-order valence-corrected chi connectivity index (χ0v) is 16.5. The summed E-state index contributed by atoms with van der Waals surface area (Å²) in [7, 11) is 0. The lowest BCUT2D eigenvalue weighted by Crippen LogP contribution is -2.30. The monoisotopic (exact) mass is 413 g/mol. The Bertz CT molecular complexity index is 983. The largest absolute Gasteiger partial charge is 0.410 e. The van der Waals surface area contributed by atoms with Crippen LogP contribution in [0.2, 0.25) is 0 Å². The Morgan fingerprint density at radius 1 is 1.04 bits per heavy atom. The summed E-state index contributed by atoms with van der Waals surface area (Å²) in [5.41, 5.74) is 1.05. The molecule has 4 rings (SSSR count). The van der Waals surface area contributed by atoms with Gasteiger partial charge in [-0.05, 0) is 28.5 Å². The number of amides is 1. The van der Waals surface area contributed by atoms with E-state index in [2.05, 4.69) is 15.5 Å². The Labute approximate surface area is 168 Å². The summed E-state index contributed by atoms with van der Waals surface area (Å²) < 4.78 is 5.61. The second-order valence-electron chi connectivity index (χ2n) is 5.57. The fourth-order valence-corrected chi connectivity index (χ4v) is 4.54. The quantitative estimate of drug-likeness (QED) is 0.438. The van der Waals surface area contributed by atoms with Gasteiger partial charge in [0.15, 0.2) is 0 Å². The predicted octanol–water partition coefficient (Wildman–Crippen LogP) is 4.86. The van der Waals surface area contributed by atoms with Crippen LogP contribution < -0.4 is 5.32 Å². The molecule has 0 saturated heterocycles. The summed E-state index contributed by atoms with van der Waals surface area (Å²) in [5, 5.41) is 15.5. The second kappa shape index (κ2) is 8.51. The Morgan fingerprint density at radius 2 is 1.85 bits per heavy atom. The molecule has 1 aromatic carbocycles. The molecule has 1 atom stereocenters. The Hall–Kier alpha value is -2.42. The van der Waals surface area contributed by atoms with Crippen molar-refractivity contribution in [3.63, 3.8) is 0 Å². The van der Waals surface area contributed by atoms with E-state index in [1.165, 1.54) is 23.1 Å². The van der Waals surface area contributed by atoms with Crippen LogP contribution in [0.1, 0.15) is 16.5 Å². The highest BCUT2D eigenvalue weighted by molar-refractivity contribution is 7.99. The third-order valence-electron chi connectivity index (χ3n) is 3.73. The zero-order chi connectivity index (χ0) is 18.5. The van der Waals surface area contributed by atoms with Gasteiger partial charge >= 0.3 is 0 Å². The number of nitrogens with one attached hydrogen (secondary N) is 1. The lowest BCUT2D eigenvalue weighted by atomic mass is 10.1. The predicted molar refractivity (Wildman–Crippen MR) is 109 cm³/mol. The van der Waals surface area contributed by atoms with Crippen molar-refractivity contribution < 1.29 is 9.21 Å². The van der Waals surface area contributed by atoms with Crippen LogP contribution in [0.15, 0.2) is 75.0 Å². The first kappa shape index (κ1) is 18.0. The number of aromatic nitrogens is 2. The molecule has 0 spiro atoms. The summed E-state index contributed by atoms with van der Waals surface area (Å²) in [6.07, 6.45) is 0. The molecule has 0 aliphatic heterocycles. The highest BCUT2D eigenvalue weighted by atomic mass is 32.2. The van der Waals surface area contributed by atoms with E-state index in [1.807, 2.05) is 65.4 Å². The summed E-state index contributed by atoms with van der Waals surface area (Å²) >= 11 is 4.39. The Balaban J connectivity index is 1.40. The number of rotatable bonds is 7. The van der Waals surface area contributed by atoms with Gasteiger partial charge in [0.1, 0.15) is 0 Å². The SMILES string of the molecule is O=C(CSc1nnc(-c2cccs2)o1)N[C@@H](c1ccccc1)c1cccs1. The number of thioether (sulfide) groups is 1. The number of benzene rings is 1. The first-order valence-electron chi connectivity index (χ1n) is 8.17. The first-order chi connectivity index (χ1) is 13.3. The Morgan fingerprint density at radius 3 is 2.59 bits per heavy atom. The average Bonchev–Trinajstić information content (AvgIpc) is 3.47. The molecule has 3 aromatic heterocycles. The number of hydrogen-bond acceptors (Lipinski definition) is 7. The highest BCUT2D eigenvalue weighted by Gasteiger charge is 2.19. The van der Waals surface area contributed by atoms with Crippen molar-refractivity contribution in [1.29, 1.82) is 0 Å². The maximum atomic E-state index is 12.5. The molecule has 1 N–H and O–H groups in total. The van der Waals surface area contributed by atoms with Gasteiger partial charge in [-0.3, -0.25) is 4.79 Å². The van der Waals surface area contributed by atoms with Crippen LogP contribution in [0.3, 0.4) is 0 Å². The lowest BCUT2D eigenvalue weighted by Gasteiger charge is -2.17. The highest BCUT2D eigenvalue weighted by Crippen LogP contribution is 2.28. The second-order valence-corrected chi connectivity index (χ2v) is 8.42. The van der Waals surface area contributed by atoms with Gasteiger partial charge in [0.2, 0.25) is 5.91 Å². The fraction of sp³-hybridized carbons (Fsp3) is 0.105.